The Labute approximate surface area is 147 Å². The van der Waals surface area contributed by atoms with Gasteiger partial charge < -0.3 is 0 Å². The summed E-state index contributed by atoms with van der Waals surface area (Å²) >= 11 is 4.15. The molecule has 124 valence electrons. The van der Waals surface area contributed by atoms with E-state index in [1.54, 1.807) is 9.00 Å². The van der Waals surface area contributed by atoms with Gasteiger partial charge in [-0.2, -0.15) is 0 Å². The van der Waals surface area contributed by atoms with Crippen molar-refractivity contribution in [2.24, 2.45) is 0 Å². The summed E-state index contributed by atoms with van der Waals surface area (Å²) in [6.07, 6.45) is 0. The molecule has 0 bridgehead atoms. The van der Waals surface area contributed by atoms with E-state index in [0.29, 0.717) is 10.1 Å². The van der Waals surface area contributed by atoms with Crippen LogP contribution >= 0.6 is 22.7 Å². The van der Waals surface area contributed by atoms with Crippen molar-refractivity contribution in [3.8, 4) is 0 Å². The predicted molar refractivity (Wildman–Crippen MR) is 113 cm³/mol. The van der Waals surface area contributed by atoms with E-state index < -0.39 is 16.1 Å². The molecule has 0 fully saturated rings. The zero-order valence-electron chi connectivity index (χ0n) is 16.0. The quantitative estimate of drug-likeness (QED) is 0.538. The molecule has 0 unspecified atom stereocenters. The second kappa shape index (κ2) is 5.30. The molecule has 0 aliphatic rings. The monoisotopic (exact) mass is 368 g/mol. The molecule has 0 saturated carbocycles. The van der Waals surface area contributed by atoms with Crippen LogP contribution in [0.5, 0.6) is 0 Å². The molecule has 0 saturated heterocycles. The van der Waals surface area contributed by atoms with Crippen LogP contribution in [-0.2, 0) is 0 Å². The molecule has 0 aromatic carbocycles. The smallest absolute Gasteiger partial charge is 0.0988 e. The number of fused-ring (bicyclic) bond motifs is 1. The van der Waals surface area contributed by atoms with Crippen LogP contribution in [0.15, 0.2) is 12.1 Å². The van der Waals surface area contributed by atoms with E-state index in [9.17, 15) is 0 Å². The molecule has 0 aliphatic carbocycles. The summed E-state index contributed by atoms with van der Waals surface area (Å²) < 4.78 is 6.40. The van der Waals surface area contributed by atoms with E-state index in [4.69, 9.17) is 0 Å². The van der Waals surface area contributed by atoms with Crippen molar-refractivity contribution in [2.45, 2.75) is 77.8 Å². The van der Waals surface area contributed by atoms with Crippen molar-refractivity contribution in [2.75, 3.05) is 0 Å². The van der Waals surface area contributed by atoms with Gasteiger partial charge in [-0.05, 0) is 31.2 Å². The lowest BCUT2D eigenvalue weighted by molar-refractivity contribution is 0.730. The third kappa shape index (κ3) is 2.92. The van der Waals surface area contributed by atoms with Crippen LogP contribution in [0.1, 0.15) is 41.5 Å². The molecular formula is C18H32S2Si2. The van der Waals surface area contributed by atoms with Gasteiger partial charge in [0.15, 0.2) is 0 Å². The first-order valence-electron chi connectivity index (χ1n) is 8.22. The first kappa shape index (κ1) is 18.4. The number of hydrogen-bond donors (Lipinski definition) is 0. The standard InChI is InChI=1S/C18H32S2Si2/c1-17(2,3)21(7,8)15-11-13-14(19-15)12-16(20-13)22(9,10)18(4,5)6/h11-12H,1-10H3. The second-order valence-corrected chi connectivity index (χ2v) is 23.2. The molecule has 2 aromatic heterocycles. The highest BCUT2D eigenvalue weighted by Crippen LogP contribution is 2.41. The minimum Gasteiger partial charge on any atom is -0.144 e. The highest BCUT2D eigenvalue weighted by atomic mass is 32.1. The third-order valence-electron chi connectivity index (χ3n) is 6.19. The Balaban J connectivity index is 2.48. The molecule has 2 heterocycles. The van der Waals surface area contributed by atoms with Crippen molar-refractivity contribution in [3.63, 3.8) is 0 Å². The lowest BCUT2D eigenvalue weighted by Crippen LogP contribution is -2.48. The molecule has 0 radical (unpaired) electrons. The van der Waals surface area contributed by atoms with Gasteiger partial charge in [0.1, 0.15) is 0 Å². The van der Waals surface area contributed by atoms with Crippen LogP contribution in [0.25, 0.3) is 9.40 Å². The van der Waals surface area contributed by atoms with Gasteiger partial charge in [-0.3, -0.25) is 0 Å². The zero-order chi connectivity index (χ0) is 17.1. The van der Waals surface area contributed by atoms with Gasteiger partial charge in [0.05, 0.1) is 16.1 Å². The Morgan fingerprint density at radius 2 is 0.909 bits per heavy atom. The highest BCUT2D eigenvalue weighted by Gasteiger charge is 2.40. The Morgan fingerprint density at radius 1 is 0.636 bits per heavy atom. The van der Waals surface area contributed by atoms with Crippen LogP contribution < -0.4 is 9.00 Å². The van der Waals surface area contributed by atoms with Gasteiger partial charge in [-0.1, -0.05) is 67.7 Å². The summed E-state index contributed by atoms with van der Waals surface area (Å²) in [4.78, 5) is 0. The molecule has 4 heteroatoms. The van der Waals surface area contributed by atoms with E-state index in [0.717, 1.165) is 0 Å². The molecule has 0 spiro atoms. The van der Waals surface area contributed by atoms with Gasteiger partial charge in [0.25, 0.3) is 0 Å². The lowest BCUT2D eigenvalue weighted by Gasteiger charge is -2.36. The van der Waals surface area contributed by atoms with Crippen LogP contribution in [0.4, 0.5) is 0 Å². The van der Waals surface area contributed by atoms with E-state index >= 15 is 0 Å². The lowest BCUT2D eigenvalue weighted by atomic mass is 10.2. The Hall–Kier alpha value is 0.0938. The fourth-order valence-electron chi connectivity index (χ4n) is 2.19. The Kier molecular flexibility index (Phi) is 4.44. The molecule has 0 nitrogen and oxygen atoms in total. The average Bonchev–Trinajstić information content (AvgIpc) is 2.82. The van der Waals surface area contributed by atoms with Crippen LogP contribution in [0, 0.1) is 0 Å². The average molecular weight is 369 g/mol. The SMILES string of the molecule is CC(C)(C)[Si](C)(C)c1cc2sc([Si](C)(C)C(C)(C)C)cc2s1. The third-order valence-corrected chi connectivity index (χ3v) is 22.0. The largest absolute Gasteiger partial charge is 0.144 e. The first-order valence-corrected chi connectivity index (χ1v) is 15.9. The number of hydrogen-bond acceptors (Lipinski definition) is 2. The normalized spacial score (nSPS) is 14.8. The van der Waals surface area contributed by atoms with E-state index in [2.05, 4.69) is 103 Å². The fraction of sp³-hybridized carbons (Fsp3) is 0.667. The maximum Gasteiger partial charge on any atom is 0.0988 e. The molecule has 0 N–H and O–H groups in total. The molecular weight excluding hydrogens is 337 g/mol. The summed E-state index contributed by atoms with van der Waals surface area (Å²) in [7, 11) is -2.78. The van der Waals surface area contributed by atoms with Gasteiger partial charge in [-0.25, -0.2) is 0 Å². The fourth-order valence-corrected chi connectivity index (χ4v) is 11.3. The number of thiophene rings is 2. The van der Waals surface area contributed by atoms with Crippen LogP contribution in [0.3, 0.4) is 0 Å². The minimum absolute atomic E-state index is 0.419. The van der Waals surface area contributed by atoms with Crippen molar-refractivity contribution in [1.82, 2.24) is 0 Å². The summed E-state index contributed by atoms with van der Waals surface area (Å²) in [5.74, 6) is 0. The van der Waals surface area contributed by atoms with Gasteiger partial charge >= 0.3 is 0 Å². The van der Waals surface area contributed by atoms with Crippen molar-refractivity contribution < 1.29 is 0 Å². The van der Waals surface area contributed by atoms with Crippen LogP contribution in [0.2, 0.25) is 36.3 Å². The molecule has 2 aromatic rings. The highest BCUT2D eigenvalue weighted by molar-refractivity contribution is 7.39. The van der Waals surface area contributed by atoms with E-state index in [1.807, 2.05) is 0 Å². The second-order valence-electron chi connectivity index (χ2n) is 9.70. The Morgan fingerprint density at radius 3 is 1.14 bits per heavy atom. The maximum absolute atomic E-state index is 2.53. The number of rotatable bonds is 2. The topological polar surface area (TPSA) is 0 Å². The zero-order valence-corrected chi connectivity index (χ0v) is 19.6. The maximum atomic E-state index is 2.53. The molecule has 0 aliphatic heterocycles. The summed E-state index contributed by atoms with van der Waals surface area (Å²) in [6.45, 7) is 24.6. The van der Waals surface area contributed by atoms with Crippen molar-refractivity contribution in [3.05, 3.63) is 12.1 Å². The van der Waals surface area contributed by atoms with Crippen LogP contribution in [-0.4, -0.2) is 16.1 Å². The van der Waals surface area contributed by atoms with Crippen molar-refractivity contribution >= 4 is 57.2 Å². The minimum atomic E-state index is -1.39. The van der Waals surface area contributed by atoms with Gasteiger partial charge in [-0.15, -0.1) is 22.7 Å². The van der Waals surface area contributed by atoms with E-state index in [1.165, 1.54) is 9.40 Å². The predicted octanol–water partition coefficient (Wildman–Crippen LogP) is 6.39. The molecule has 22 heavy (non-hydrogen) atoms. The first-order chi connectivity index (χ1) is 9.68. The summed E-state index contributed by atoms with van der Waals surface area (Å²) in [5.41, 5.74) is 0. The van der Waals surface area contributed by atoms with Gasteiger partial charge in [0, 0.05) is 9.40 Å². The summed E-state index contributed by atoms with van der Waals surface area (Å²) in [6, 6.07) is 5.05. The Bertz CT molecular complexity index is 589. The summed E-state index contributed by atoms with van der Waals surface area (Å²) in [5, 5.41) is 0.838. The molecule has 0 amide bonds. The molecule has 2 rings (SSSR count). The molecule has 0 atom stereocenters. The van der Waals surface area contributed by atoms with Gasteiger partial charge in [0.2, 0.25) is 0 Å². The van der Waals surface area contributed by atoms with E-state index in [-0.39, 0.29) is 0 Å². The van der Waals surface area contributed by atoms with Crippen molar-refractivity contribution in [1.29, 1.82) is 0 Å².